The lowest BCUT2D eigenvalue weighted by molar-refractivity contribution is -0.169. The Morgan fingerprint density at radius 1 is 1.20 bits per heavy atom. The molecule has 4 heterocycles. The quantitative estimate of drug-likeness (QED) is 0.514. The van der Waals surface area contributed by atoms with E-state index in [1.54, 1.807) is 0 Å². The van der Waals surface area contributed by atoms with Crippen LogP contribution < -0.4 is 23.0 Å². The lowest BCUT2D eigenvalue weighted by Gasteiger charge is -2.19. The number of nitrogens with zero attached hydrogens (tertiary/aromatic N) is 3. The van der Waals surface area contributed by atoms with E-state index in [1.165, 1.54) is 16.8 Å². The van der Waals surface area contributed by atoms with Crippen LogP contribution >= 0.6 is 0 Å². The molecule has 30 heavy (non-hydrogen) atoms. The molecule has 2 fully saturated rings. The number of aliphatic hydroxyl groups is 1. The van der Waals surface area contributed by atoms with Crippen LogP contribution in [0.3, 0.4) is 0 Å². The molecule has 5 rings (SSSR count). The van der Waals surface area contributed by atoms with Gasteiger partial charge < -0.3 is 20.5 Å². The van der Waals surface area contributed by atoms with E-state index in [9.17, 15) is 14.7 Å². The van der Waals surface area contributed by atoms with E-state index in [2.05, 4.69) is 10.8 Å². The fourth-order valence-corrected chi connectivity index (χ4v) is 3.72. The van der Waals surface area contributed by atoms with Crippen molar-refractivity contribution in [3.05, 3.63) is 62.6 Å². The van der Waals surface area contributed by atoms with Gasteiger partial charge in [-0.05, 0) is 24.6 Å². The Hall–Kier alpha value is -2.87. The molecule has 2 aliphatic rings. The number of hydrogen-bond donors (Lipinski definition) is 3. The van der Waals surface area contributed by atoms with Gasteiger partial charge in [0.25, 0.3) is 5.56 Å². The van der Waals surface area contributed by atoms with Crippen LogP contribution in [0.5, 0.6) is 0 Å². The van der Waals surface area contributed by atoms with Crippen molar-refractivity contribution in [1.29, 1.82) is 0 Å². The Morgan fingerprint density at radius 3 is 2.80 bits per heavy atom. The van der Waals surface area contributed by atoms with Gasteiger partial charge in [0, 0.05) is 17.6 Å². The average molecular weight is 419 g/mol. The number of benzene rings is 1. The molecule has 0 amide bonds. The van der Waals surface area contributed by atoms with E-state index in [4.69, 9.17) is 18.9 Å². The minimum Gasteiger partial charge on any atom is -0.394 e. The summed E-state index contributed by atoms with van der Waals surface area (Å²) in [5.41, 5.74) is 3.28. The first-order valence-electron chi connectivity index (χ1n) is 9.06. The predicted molar refractivity (Wildman–Crippen MR) is 102 cm³/mol. The molecule has 2 aromatic heterocycles. The van der Waals surface area contributed by atoms with Gasteiger partial charge in [-0.3, -0.25) is 23.6 Å². The third-order valence-corrected chi connectivity index (χ3v) is 5.21. The highest BCUT2D eigenvalue weighted by molar-refractivity contribution is 5.79. The molecule has 0 radical (unpaired) electrons. The molecule has 5 N–H and O–H groups in total. The van der Waals surface area contributed by atoms with Gasteiger partial charge in [0.05, 0.1) is 13.2 Å². The highest BCUT2D eigenvalue weighted by Crippen LogP contribution is 2.34. The van der Waals surface area contributed by atoms with Gasteiger partial charge in [-0.1, -0.05) is 16.9 Å². The van der Waals surface area contributed by atoms with Gasteiger partial charge in [-0.25, -0.2) is 4.79 Å². The maximum atomic E-state index is 13.1. The smallest absolute Gasteiger partial charge is 0.333 e. The molecular weight excluding hydrogens is 398 g/mol. The number of ether oxygens (including phenoxy) is 1. The van der Waals surface area contributed by atoms with Crippen molar-refractivity contribution < 1.29 is 24.0 Å². The van der Waals surface area contributed by atoms with Crippen LogP contribution in [0, 0.1) is 6.92 Å². The Labute approximate surface area is 169 Å². The highest BCUT2D eigenvalue weighted by Gasteiger charge is 2.51. The SMILES string of the molecule is Cc1ccc2c(Cn3c(=O)ccn(C4OC(CO)C5ONOC54)c3=O)noc2c1.N. The lowest BCUT2D eigenvalue weighted by atomic mass is 10.1. The minimum atomic E-state index is -0.872. The normalized spacial score (nSPS) is 25.4. The third-order valence-electron chi connectivity index (χ3n) is 5.21. The van der Waals surface area contributed by atoms with Crippen molar-refractivity contribution in [1.82, 2.24) is 26.1 Å². The van der Waals surface area contributed by atoms with Crippen molar-refractivity contribution in [3.63, 3.8) is 0 Å². The maximum absolute atomic E-state index is 13.1. The highest BCUT2D eigenvalue weighted by atomic mass is 17.0. The summed E-state index contributed by atoms with van der Waals surface area (Å²) >= 11 is 0. The molecule has 160 valence electrons. The zero-order valence-corrected chi connectivity index (χ0v) is 16.1. The van der Waals surface area contributed by atoms with E-state index in [0.29, 0.717) is 11.3 Å². The first-order valence-corrected chi connectivity index (χ1v) is 9.06. The molecule has 0 aliphatic carbocycles. The number of aliphatic hydroxyl groups excluding tert-OH is 1. The molecule has 4 atom stereocenters. The summed E-state index contributed by atoms with van der Waals surface area (Å²) in [6, 6.07) is 6.85. The molecule has 1 aromatic carbocycles. The zero-order chi connectivity index (χ0) is 20.1. The zero-order valence-electron chi connectivity index (χ0n) is 16.1. The second-order valence-electron chi connectivity index (χ2n) is 7.05. The topological polar surface area (TPSA) is 165 Å². The number of fused-ring (bicyclic) bond motifs is 2. The second-order valence-corrected chi connectivity index (χ2v) is 7.05. The summed E-state index contributed by atoms with van der Waals surface area (Å²) in [5, 5.41) is 14.2. The molecule has 3 aromatic rings. The number of hydrogen-bond acceptors (Lipinski definition) is 10. The minimum absolute atomic E-state index is 0. The largest absolute Gasteiger partial charge is 0.394 e. The molecule has 4 unspecified atom stereocenters. The summed E-state index contributed by atoms with van der Waals surface area (Å²) in [6.07, 6.45) is -1.45. The summed E-state index contributed by atoms with van der Waals surface area (Å²) in [7, 11) is 0. The predicted octanol–water partition coefficient (Wildman–Crippen LogP) is -0.237. The van der Waals surface area contributed by atoms with Crippen LogP contribution in [0.15, 0.2) is 44.6 Å². The fraction of sp³-hybridized carbons (Fsp3) is 0.389. The van der Waals surface area contributed by atoms with Gasteiger partial charge in [-0.2, -0.15) is 0 Å². The molecule has 2 saturated heterocycles. The number of aromatic nitrogens is 3. The molecule has 0 bridgehead atoms. The Morgan fingerprint density at radius 2 is 2.00 bits per heavy atom. The van der Waals surface area contributed by atoms with Gasteiger partial charge in [-0.15, -0.1) is 0 Å². The van der Waals surface area contributed by atoms with Gasteiger partial charge in [0.1, 0.15) is 17.9 Å². The van der Waals surface area contributed by atoms with Gasteiger partial charge in [0.15, 0.2) is 17.9 Å². The van der Waals surface area contributed by atoms with Crippen molar-refractivity contribution in [2.75, 3.05) is 6.61 Å². The van der Waals surface area contributed by atoms with Crippen molar-refractivity contribution in [2.24, 2.45) is 0 Å². The first kappa shape index (κ1) is 20.4. The van der Waals surface area contributed by atoms with Crippen LogP contribution in [0.1, 0.15) is 17.5 Å². The lowest BCUT2D eigenvalue weighted by Crippen LogP contribution is -2.43. The van der Waals surface area contributed by atoms with Crippen LogP contribution in [-0.4, -0.2) is 44.3 Å². The maximum Gasteiger partial charge on any atom is 0.333 e. The van der Waals surface area contributed by atoms with Gasteiger partial charge in [0.2, 0.25) is 0 Å². The van der Waals surface area contributed by atoms with E-state index in [-0.39, 0.29) is 19.3 Å². The molecule has 12 nitrogen and oxygen atoms in total. The van der Waals surface area contributed by atoms with Crippen molar-refractivity contribution >= 4 is 11.0 Å². The standard InChI is InChI=1S/C18H18N4O7.H3N/c1-9-2-3-10-11(19-27-12(10)6-9)7-22-14(24)4-5-21(18(22)25)17-16-15(28-20-29-16)13(8-23)26-17;/h2-6,13,15-17,20,23H,7-8H2,1H3;1H3. The number of rotatable bonds is 4. The van der Waals surface area contributed by atoms with Crippen molar-refractivity contribution in [3.8, 4) is 0 Å². The van der Waals surface area contributed by atoms with Crippen molar-refractivity contribution in [2.45, 2.75) is 38.0 Å². The molecular formula is C18H21N5O7. The summed E-state index contributed by atoms with van der Waals surface area (Å²) in [5.74, 6) is 0. The molecule has 0 spiro atoms. The third kappa shape index (κ3) is 3.15. The van der Waals surface area contributed by atoms with Crippen LogP contribution in [0.25, 0.3) is 11.0 Å². The number of aryl methyl sites for hydroxylation is 1. The average Bonchev–Trinajstić information content (AvgIpc) is 3.40. The molecule has 0 saturated carbocycles. The molecule has 2 aliphatic heterocycles. The number of nitrogens with one attached hydrogen (secondary N) is 1. The monoisotopic (exact) mass is 419 g/mol. The second kappa shape index (κ2) is 7.75. The summed E-state index contributed by atoms with van der Waals surface area (Å²) in [6.45, 7) is 1.57. The summed E-state index contributed by atoms with van der Waals surface area (Å²) in [4.78, 5) is 36.0. The van der Waals surface area contributed by atoms with Gasteiger partial charge >= 0.3 is 5.69 Å². The van der Waals surface area contributed by atoms with E-state index in [1.807, 2.05) is 25.1 Å². The van der Waals surface area contributed by atoms with E-state index >= 15 is 0 Å². The Balaban J connectivity index is 0.00000218. The van der Waals surface area contributed by atoms with Crippen LogP contribution in [-0.2, 0) is 21.0 Å². The Kier molecular flexibility index (Phi) is 5.27. The van der Waals surface area contributed by atoms with Crippen LogP contribution in [0.4, 0.5) is 0 Å². The van der Waals surface area contributed by atoms with E-state index in [0.717, 1.165) is 15.5 Å². The van der Waals surface area contributed by atoms with E-state index < -0.39 is 35.8 Å². The first-order chi connectivity index (χ1) is 14.1. The molecule has 12 heteroatoms. The summed E-state index contributed by atoms with van der Waals surface area (Å²) < 4.78 is 13.4. The fourth-order valence-electron chi connectivity index (χ4n) is 3.72. The Bertz CT molecular complexity index is 1190. The van der Waals surface area contributed by atoms with Crippen LogP contribution in [0.2, 0.25) is 0 Å².